The third-order valence-electron chi connectivity index (χ3n) is 4.41. The number of nitrogens with one attached hydrogen (secondary N) is 1. The Morgan fingerprint density at radius 1 is 1.50 bits per heavy atom. The molecule has 0 radical (unpaired) electrons. The number of esters is 1. The van der Waals surface area contributed by atoms with Crippen molar-refractivity contribution in [1.82, 2.24) is 9.97 Å². The summed E-state index contributed by atoms with van der Waals surface area (Å²) in [6.07, 6.45) is 4.06. The van der Waals surface area contributed by atoms with Crippen molar-refractivity contribution in [3.8, 4) is 0 Å². The second kappa shape index (κ2) is 5.16. The monoisotopic (exact) mass is 299 g/mol. The minimum absolute atomic E-state index is 0.0216. The lowest BCUT2D eigenvalue weighted by Crippen LogP contribution is -2.40. The highest BCUT2D eigenvalue weighted by molar-refractivity contribution is 6.28. The highest BCUT2D eigenvalue weighted by Crippen LogP contribution is 2.49. The van der Waals surface area contributed by atoms with Crippen LogP contribution in [0.15, 0.2) is 6.20 Å². The maximum absolute atomic E-state index is 13.7. The molecule has 20 heavy (non-hydrogen) atoms. The van der Waals surface area contributed by atoms with E-state index in [0.29, 0.717) is 11.8 Å². The smallest absolute Gasteiger partial charge is 0.311 e. The predicted molar refractivity (Wildman–Crippen MR) is 70.7 cm³/mol. The fourth-order valence-corrected chi connectivity index (χ4v) is 3.71. The fourth-order valence-electron chi connectivity index (χ4n) is 3.58. The number of ether oxygens (including phenoxy) is 1. The van der Waals surface area contributed by atoms with Crippen molar-refractivity contribution in [2.24, 2.45) is 17.8 Å². The van der Waals surface area contributed by atoms with Crippen LogP contribution in [0.5, 0.6) is 0 Å². The quantitative estimate of drug-likeness (QED) is 0.685. The molecule has 2 fully saturated rings. The first kappa shape index (κ1) is 13.5. The Bertz CT molecular complexity index is 542. The molecule has 2 aliphatic rings. The molecule has 1 N–H and O–H groups in total. The van der Waals surface area contributed by atoms with E-state index in [4.69, 9.17) is 16.3 Å². The Morgan fingerprint density at radius 2 is 2.25 bits per heavy atom. The summed E-state index contributed by atoms with van der Waals surface area (Å²) in [6, 6.07) is -0.151. The lowest BCUT2D eigenvalue weighted by molar-refractivity contribution is -0.147. The number of carbonyl (C=O) groups is 1. The summed E-state index contributed by atoms with van der Waals surface area (Å²) in [4.78, 5) is 19.4. The Morgan fingerprint density at radius 3 is 3.00 bits per heavy atom. The van der Waals surface area contributed by atoms with Gasteiger partial charge in [-0.3, -0.25) is 4.79 Å². The highest BCUT2D eigenvalue weighted by Gasteiger charge is 2.51. The van der Waals surface area contributed by atoms with Gasteiger partial charge in [0.25, 0.3) is 0 Å². The SMILES string of the molecule is COC(=O)C1C2CCC(C2)C1Nc1nc(Cl)ncc1F. The summed E-state index contributed by atoms with van der Waals surface area (Å²) in [5, 5.41) is 3.01. The topological polar surface area (TPSA) is 64.1 Å². The predicted octanol–water partition coefficient (Wildman–Crippen LogP) is 2.27. The van der Waals surface area contributed by atoms with E-state index in [1.54, 1.807) is 0 Å². The average Bonchev–Trinajstić information content (AvgIpc) is 3.03. The molecule has 0 spiro atoms. The van der Waals surface area contributed by atoms with Gasteiger partial charge in [-0.25, -0.2) is 9.37 Å². The first-order chi connectivity index (χ1) is 9.60. The summed E-state index contributed by atoms with van der Waals surface area (Å²) in [5.41, 5.74) is 0. The van der Waals surface area contributed by atoms with Crippen molar-refractivity contribution in [2.45, 2.75) is 25.3 Å². The molecule has 1 aromatic heterocycles. The van der Waals surface area contributed by atoms with Crippen LogP contribution in [0, 0.1) is 23.6 Å². The number of methoxy groups -OCH3 is 1. The van der Waals surface area contributed by atoms with Gasteiger partial charge < -0.3 is 10.1 Å². The van der Waals surface area contributed by atoms with Crippen LogP contribution in [0.3, 0.4) is 0 Å². The van der Waals surface area contributed by atoms with E-state index in [2.05, 4.69) is 15.3 Å². The molecule has 2 bridgehead atoms. The van der Waals surface area contributed by atoms with Crippen molar-refractivity contribution in [2.75, 3.05) is 12.4 Å². The molecule has 5 nitrogen and oxygen atoms in total. The molecule has 108 valence electrons. The molecule has 2 aliphatic carbocycles. The Labute approximate surface area is 120 Å². The molecule has 4 atom stereocenters. The van der Waals surface area contributed by atoms with Crippen molar-refractivity contribution in [1.29, 1.82) is 0 Å². The Kier molecular flexibility index (Phi) is 3.50. The Hall–Kier alpha value is -1.43. The molecule has 7 heteroatoms. The normalized spacial score (nSPS) is 31.4. The number of aromatic nitrogens is 2. The maximum atomic E-state index is 13.7. The number of fused-ring (bicyclic) bond motifs is 2. The molecule has 4 unspecified atom stereocenters. The van der Waals surface area contributed by atoms with Gasteiger partial charge in [-0.1, -0.05) is 0 Å². The van der Waals surface area contributed by atoms with Crippen LogP contribution in [-0.4, -0.2) is 29.1 Å². The fraction of sp³-hybridized carbons (Fsp3) is 0.615. The van der Waals surface area contributed by atoms with Crippen LogP contribution in [0.25, 0.3) is 0 Å². The number of carbonyl (C=O) groups excluding carboxylic acids is 1. The van der Waals surface area contributed by atoms with E-state index in [1.807, 2.05) is 0 Å². The number of hydrogen-bond acceptors (Lipinski definition) is 5. The van der Waals surface area contributed by atoms with Gasteiger partial charge in [0.1, 0.15) is 0 Å². The largest absolute Gasteiger partial charge is 0.469 e. The van der Waals surface area contributed by atoms with Gasteiger partial charge in [-0.2, -0.15) is 4.98 Å². The maximum Gasteiger partial charge on any atom is 0.311 e. The van der Waals surface area contributed by atoms with Gasteiger partial charge in [0.15, 0.2) is 11.6 Å². The molecular weight excluding hydrogens is 285 g/mol. The van der Waals surface area contributed by atoms with Crippen LogP contribution in [-0.2, 0) is 9.53 Å². The standard InChI is InChI=1S/C13H15ClFN3O2/c1-20-12(19)9-6-2-3-7(4-6)10(9)17-11-8(15)5-16-13(14)18-11/h5-7,9-10H,2-4H2,1H3,(H,16,17,18). The number of hydrogen-bond donors (Lipinski definition) is 1. The number of nitrogens with zero attached hydrogens (tertiary/aromatic N) is 2. The summed E-state index contributed by atoms with van der Waals surface area (Å²) < 4.78 is 18.6. The van der Waals surface area contributed by atoms with Crippen LogP contribution in [0.1, 0.15) is 19.3 Å². The van der Waals surface area contributed by atoms with Crippen LogP contribution in [0.2, 0.25) is 5.28 Å². The molecule has 0 aromatic carbocycles. The van der Waals surface area contributed by atoms with E-state index in [1.165, 1.54) is 7.11 Å². The minimum Gasteiger partial charge on any atom is -0.469 e. The first-order valence-corrected chi connectivity index (χ1v) is 7.00. The lowest BCUT2D eigenvalue weighted by Gasteiger charge is -2.30. The molecule has 0 aliphatic heterocycles. The number of rotatable bonds is 3. The first-order valence-electron chi connectivity index (χ1n) is 6.62. The number of halogens is 2. The molecular formula is C13H15ClFN3O2. The second-order valence-electron chi connectivity index (χ2n) is 5.39. The zero-order valence-corrected chi connectivity index (χ0v) is 11.7. The van der Waals surface area contributed by atoms with Crippen molar-refractivity contribution in [3.63, 3.8) is 0 Å². The highest BCUT2D eigenvalue weighted by atomic mass is 35.5. The zero-order valence-electron chi connectivity index (χ0n) is 11.0. The van der Waals surface area contributed by atoms with Crippen LogP contribution in [0.4, 0.5) is 10.2 Å². The molecule has 1 aromatic rings. The molecule has 1 heterocycles. The molecule has 3 rings (SSSR count). The Balaban J connectivity index is 1.85. The van der Waals surface area contributed by atoms with Crippen molar-refractivity contribution >= 4 is 23.4 Å². The summed E-state index contributed by atoms with van der Waals surface area (Å²) in [7, 11) is 1.38. The third kappa shape index (κ3) is 2.22. The van der Waals surface area contributed by atoms with Gasteiger partial charge >= 0.3 is 5.97 Å². The van der Waals surface area contributed by atoms with Crippen LogP contribution >= 0.6 is 11.6 Å². The van der Waals surface area contributed by atoms with E-state index < -0.39 is 5.82 Å². The van der Waals surface area contributed by atoms with Gasteiger partial charge in [-0.15, -0.1) is 0 Å². The minimum atomic E-state index is -0.569. The van der Waals surface area contributed by atoms with Gasteiger partial charge in [-0.05, 0) is 42.7 Å². The van der Waals surface area contributed by atoms with Gasteiger partial charge in [0.05, 0.1) is 19.2 Å². The van der Waals surface area contributed by atoms with E-state index in [0.717, 1.165) is 25.5 Å². The van der Waals surface area contributed by atoms with Gasteiger partial charge in [0.2, 0.25) is 5.28 Å². The van der Waals surface area contributed by atoms with Gasteiger partial charge in [0, 0.05) is 6.04 Å². The third-order valence-corrected chi connectivity index (χ3v) is 4.59. The van der Waals surface area contributed by atoms with E-state index >= 15 is 0 Å². The second-order valence-corrected chi connectivity index (χ2v) is 5.73. The summed E-state index contributed by atoms with van der Waals surface area (Å²) in [6.45, 7) is 0. The average molecular weight is 300 g/mol. The molecule has 0 saturated heterocycles. The summed E-state index contributed by atoms with van der Waals surface area (Å²) in [5.74, 6) is -0.345. The van der Waals surface area contributed by atoms with E-state index in [9.17, 15) is 9.18 Å². The van der Waals surface area contributed by atoms with Crippen molar-refractivity contribution < 1.29 is 13.9 Å². The van der Waals surface area contributed by atoms with Crippen LogP contribution < -0.4 is 5.32 Å². The van der Waals surface area contributed by atoms with Crippen molar-refractivity contribution in [3.05, 3.63) is 17.3 Å². The van der Waals surface area contributed by atoms with E-state index in [-0.39, 0.29) is 29.0 Å². The lowest BCUT2D eigenvalue weighted by atomic mass is 9.84. The summed E-state index contributed by atoms with van der Waals surface area (Å²) >= 11 is 5.69. The molecule has 0 amide bonds. The molecule has 2 saturated carbocycles. The number of anilines is 1. The zero-order chi connectivity index (χ0) is 14.3.